The van der Waals surface area contributed by atoms with Crippen LogP contribution < -0.4 is 15.3 Å². The van der Waals surface area contributed by atoms with Crippen LogP contribution in [0.4, 0.5) is 34.1 Å². The van der Waals surface area contributed by atoms with Gasteiger partial charge in [0.25, 0.3) is 0 Å². The maximum atomic E-state index is 6.90. The molecule has 0 amide bonds. The monoisotopic (exact) mass is 870 g/mol. The molecule has 6 nitrogen and oxygen atoms in total. The van der Waals surface area contributed by atoms with Gasteiger partial charge in [0.15, 0.2) is 11.2 Å². The predicted octanol–water partition coefficient (Wildman–Crippen LogP) is 16.1. The lowest BCUT2D eigenvalue weighted by atomic mass is 9.78. The first kappa shape index (κ1) is 40.7. The van der Waals surface area contributed by atoms with E-state index in [1.807, 2.05) is 36.4 Å². The molecule has 0 bridgehead atoms. The molecule has 2 aromatic heterocycles. The van der Waals surface area contributed by atoms with Crippen LogP contribution in [0, 0.1) is 0 Å². The highest BCUT2D eigenvalue weighted by molar-refractivity contribution is 6.62. The molecule has 67 heavy (non-hydrogen) atoms. The maximum absolute atomic E-state index is 6.90. The number of nitrogens with zero attached hydrogens (tertiary/aromatic N) is 2. The van der Waals surface area contributed by atoms with E-state index in [1.54, 1.807) is 0 Å². The fraction of sp³-hybridized carbons (Fsp3) is 0.100. The first-order valence-corrected chi connectivity index (χ1v) is 22.9. The summed E-state index contributed by atoms with van der Waals surface area (Å²) in [6, 6.07) is 74.5. The third-order valence-corrected chi connectivity index (χ3v) is 13.7. The fourth-order valence-corrected chi connectivity index (χ4v) is 9.53. The van der Waals surface area contributed by atoms with Gasteiger partial charge in [0, 0.05) is 44.3 Å². The van der Waals surface area contributed by atoms with Crippen LogP contribution in [0.15, 0.2) is 221 Å². The molecule has 0 unspecified atom stereocenters. The molecule has 9 aromatic carbocycles. The van der Waals surface area contributed by atoms with Crippen molar-refractivity contribution in [3.8, 4) is 22.3 Å². The van der Waals surface area contributed by atoms with E-state index >= 15 is 0 Å². The number of para-hydroxylation sites is 4. The minimum Gasteiger partial charge on any atom is -0.454 e. The Balaban J connectivity index is 1.13. The second-order valence-electron chi connectivity index (χ2n) is 18.4. The molecular weight excluding hydrogens is 823 g/mol. The van der Waals surface area contributed by atoms with E-state index in [0.29, 0.717) is 0 Å². The summed E-state index contributed by atoms with van der Waals surface area (Å²) >= 11 is 0. The van der Waals surface area contributed by atoms with Crippen LogP contribution in [0.3, 0.4) is 0 Å². The van der Waals surface area contributed by atoms with Crippen LogP contribution in [-0.2, 0) is 9.31 Å². The summed E-state index contributed by atoms with van der Waals surface area (Å²) in [7, 11) is -0.669. The minimum atomic E-state index is -0.669. The van der Waals surface area contributed by atoms with E-state index in [4.69, 9.17) is 18.1 Å². The first-order valence-electron chi connectivity index (χ1n) is 22.9. The molecule has 0 radical (unpaired) electrons. The van der Waals surface area contributed by atoms with Crippen molar-refractivity contribution in [2.24, 2.45) is 0 Å². The van der Waals surface area contributed by atoms with E-state index in [1.165, 1.54) is 0 Å². The van der Waals surface area contributed by atoms with Gasteiger partial charge in [0.1, 0.15) is 11.2 Å². The summed E-state index contributed by atoms with van der Waals surface area (Å²) in [5.41, 5.74) is 13.0. The largest absolute Gasteiger partial charge is 0.494 e. The van der Waals surface area contributed by atoms with Gasteiger partial charge in [-0.25, -0.2) is 0 Å². The second-order valence-corrected chi connectivity index (χ2v) is 18.4. The average molecular weight is 871 g/mol. The fourth-order valence-electron chi connectivity index (χ4n) is 9.53. The summed E-state index contributed by atoms with van der Waals surface area (Å²) in [5.74, 6) is 0. The number of rotatable bonds is 9. The van der Waals surface area contributed by atoms with Crippen molar-refractivity contribution in [3.63, 3.8) is 0 Å². The van der Waals surface area contributed by atoms with E-state index < -0.39 is 18.3 Å². The highest BCUT2D eigenvalue weighted by Crippen LogP contribution is 2.47. The van der Waals surface area contributed by atoms with Crippen LogP contribution in [-0.4, -0.2) is 18.3 Å². The molecule has 0 aliphatic carbocycles. The van der Waals surface area contributed by atoms with E-state index in [9.17, 15) is 0 Å². The smallest absolute Gasteiger partial charge is 0.454 e. The zero-order chi connectivity index (χ0) is 45.3. The topological polar surface area (TPSA) is 51.2 Å². The van der Waals surface area contributed by atoms with Gasteiger partial charge in [-0.2, -0.15) is 0 Å². The molecule has 11 aromatic rings. The molecule has 3 heterocycles. The van der Waals surface area contributed by atoms with Crippen molar-refractivity contribution in [3.05, 3.63) is 212 Å². The number of hydrogen-bond donors (Lipinski definition) is 0. The molecule has 0 saturated carbocycles. The average Bonchev–Trinajstić information content (AvgIpc) is 4.01. The molecule has 1 aliphatic heterocycles. The third kappa shape index (κ3) is 7.06. The maximum Gasteiger partial charge on any atom is 0.494 e. The Hall–Kier alpha value is -7.84. The van der Waals surface area contributed by atoms with Crippen molar-refractivity contribution in [2.75, 3.05) is 9.80 Å². The zero-order valence-corrected chi connectivity index (χ0v) is 37.8. The molecule has 1 saturated heterocycles. The Morgan fingerprint density at radius 3 is 1.15 bits per heavy atom. The SMILES string of the molecule is CC1(C)OB(c2cc(N(c3ccc(-c4ccccc4)cc3)c3cccc4c3oc3ccccc34)cc(N(c3ccc(-c4ccccc4)cc3)c3cccc4c3oc3ccccc34)c2)OC1(C)C. The van der Waals surface area contributed by atoms with E-state index in [-0.39, 0.29) is 0 Å². The van der Waals surface area contributed by atoms with Gasteiger partial charge < -0.3 is 27.9 Å². The Labute approximate surface area is 390 Å². The molecule has 1 fully saturated rings. The molecule has 0 spiro atoms. The number of hydrogen-bond acceptors (Lipinski definition) is 6. The number of furan rings is 2. The molecule has 0 N–H and O–H groups in total. The minimum absolute atomic E-state index is 0.576. The molecule has 1 aliphatic rings. The predicted molar refractivity (Wildman–Crippen MR) is 277 cm³/mol. The second kappa shape index (κ2) is 15.9. The lowest BCUT2D eigenvalue weighted by Crippen LogP contribution is -2.41. The van der Waals surface area contributed by atoms with Crippen LogP contribution in [0.5, 0.6) is 0 Å². The summed E-state index contributed by atoms with van der Waals surface area (Å²) in [5, 5.41) is 4.21. The van der Waals surface area contributed by atoms with E-state index in [2.05, 4.69) is 213 Å². The molecule has 324 valence electrons. The van der Waals surface area contributed by atoms with Gasteiger partial charge in [-0.15, -0.1) is 0 Å². The van der Waals surface area contributed by atoms with Gasteiger partial charge >= 0.3 is 7.12 Å². The summed E-state index contributed by atoms with van der Waals surface area (Å²) in [6.45, 7) is 8.40. The standard InChI is InChI=1S/C60H47BN2O4/c1-59(2)60(3,4)67-61(66-59)44-37-47(62(45-33-29-42(30-34-45)40-17-7-5-8-18-40)53-25-15-23-51-49-21-11-13-27-55(49)64-57(51)53)39-48(38-44)63(46-35-31-43(32-36-46)41-19-9-6-10-20-41)54-26-16-24-52-50-22-12-14-28-56(50)65-58(52)54/h5-39H,1-4H3. The Morgan fingerprint density at radius 1 is 0.343 bits per heavy atom. The third-order valence-electron chi connectivity index (χ3n) is 13.7. The van der Waals surface area contributed by atoms with Crippen LogP contribution >= 0.6 is 0 Å². The van der Waals surface area contributed by atoms with Crippen molar-refractivity contribution in [1.82, 2.24) is 0 Å². The first-order chi connectivity index (χ1) is 32.7. The number of anilines is 6. The van der Waals surface area contributed by atoms with Crippen LogP contribution in [0.25, 0.3) is 66.1 Å². The highest BCUT2D eigenvalue weighted by Gasteiger charge is 2.52. The van der Waals surface area contributed by atoms with Gasteiger partial charge in [-0.05, 0) is 122 Å². The molecule has 12 rings (SSSR count). The van der Waals surface area contributed by atoms with Crippen molar-refractivity contribution >= 4 is 90.6 Å². The highest BCUT2D eigenvalue weighted by atomic mass is 16.7. The number of benzene rings is 9. The summed E-state index contributed by atoms with van der Waals surface area (Å²) in [6.07, 6.45) is 0. The quantitative estimate of drug-likeness (QED) is 0.135. The Bertz CT molecular complexity index is 3360. The summed E-state index contributed by atoms with van der Waals surface area (Å²) in [4.78, 5) is 4.60. The van der Waals surface area contributed by atoms with Crippen LogP contribution in [0.1, 0.15) is 27.7 Å². The Kier molecular flexibility index (Phi) is 9.68. The van der Waals surface area contributed by atoms with E-state index in [0.717, 1.165) is 106 Å². The lowest BCUT2D eigenvalue weighted by Gasteiger charge is -2.32. The Morgan fingerprint density at radius 2 is 0.716 bits per heavy atom. The van der Waals surface area contributed by atoms with Gasteiger partial charge in [-0.1, -0.05) is 146 Å². The molecule has 0 atom stereocenters. The van der Waals surface area contributed by atoms with Gasteiger partial charge in [0.05, 0.1) is 22.6 Å². The normalized spacial score (nSPS) is 14.4. The summed E-state index contributed by atoms with van der Waals surface area (Å²) < 4.78 is 27.4. The van der Waals surface area contributed by atoms with Gasteiger partial charge in [-0.3, -0.25) is 0 Å². The van der Waals surface area contributed by atoms with Crippen molar-refractivity contribution < 1.29 is 18.1 Å². The van der Waals surface area contributed by atoms with Crippen LogP contribution in [0.2, 0.25) is 0 Å². The zero-order valence-electron chi connectivity index (χ0n) is 37.8. The molecular formula is C60H47BN2O4. The van der Waals surface area contributed by atoms with Crippen molar-refractivity contribution in [1.29, 1.82) is 0 Å². The molecule has 7 heteroatoms. The lowest BCUT2D eigenvalue weighted by molar-refractivity contribution is 0.00578. The van der Waals surface area contributed by atoms with Crippen molar-refractivity contribution in [2.45, 2.75) is 38.9 Å². The van der Waals surface area contributed by atoms with Gasteiger partial charge in [0.2, 0.25) is 0 Å². The number of fused-ring (bicyclic) bond motifs is 6.